The largest absolute Gasteiger partial charge is 0.381 e. The van der Waals surface area contributed by atoms with Crippen molar-refractivity contribution in [1.29, 1.82) is 0 Å². The van der Waals surface area contributed by atoms with Gasteiger partial charge in [0, 0.05) is 11.8 Å². The number of benzene rings is 2. The molecule has 3 rings (SSSR count). The van der Waals surface area contributed by atoms with Gasteiger partial charge < -0.3 is 10.0 Å². The Morgan fingerprint density at radius 2 is 1.73 bits per heavy atom. The van der Waals surface area contributed by atoms with Gasteiger partial charge in [-0.2, -0.15) is 0 Å². The highest BCUT2D eigenvalue weighted by Gasteiger charge is 2.45. The Hall–Kier alpha value is -2.25. The fraction of sp³-hybridized carbons (Fsp3) is 0.316. The second-order valence-corrected chi connectivity index (χ2v) is 8.90. The van der Waals surface area contributed by atoms with Crippen molar-refractivity contribution in [3.8, 4) is 0 Å². The van der Waals surface area contributed by atoms with Crippen molar-refractivity contribution in [2.75, 3.05) is 19.3 Å². The summed E-state index contributed by atoms with van der Waals surface area (Å²) in [6, 6.07) is 8.46. The molecular weight excluding hydrogens is 357 g/mol. The van der Waals surface area contributed by atoms with E-state index in [0.717, 1.165) is 6.26 Å². The molecule has 0 radical (unpaired) electrons. The zero-order chi connectivity index (χ0) is 19.3. The highest BCUT2D eigenvalue weighted by Crippen LogP contribution is 2.34. The molecule has 2 aromatic rings. The van der Waals surface area contributed by atoms with Crippen LogP contribution in [0.25, 0.3) is 0 Å². The van der Waals surface area contributed by atoms with E-state index < -0.39 is 21.3 Å². The van der Waals surface area contributed by atoms with Gasteiger partial charge >= 0.3 is 0 Å². The van der Waals surface area contributed by atoms with Crippen LogP contribution in [0, 0.1) is 19.7 Å². The molecule has 0 spiro atoms. The van der Waals surface area contributed by atoms with Gasteiger partial charge in [0.25, 0.3) is 5.91 Å². The molecule has 1 N–H and O–H groups in total. The standard InChI is InChI=1S/C19H20FNO4S/c1-12-8-16(26(3,24)25)9-17(13(12)2)18(22)21-10-19(23,11-21)14-4-6-15(20)7-5-14/h4-9,23H,10-11H2,1-3H3. The number of carbonyl (C=O) groups is 1. The molecule has 7 heteroatoms. The Balaban J connectivity index is 1.86. The molecule has 0 aromatic heterocycles. The maximum Gasteiger partial charge on any atom is 0.254 e. The van der Waals surface area contributed by atoms with Crippen molar-refractivity contribution >= 4 is 15.7 Å². The number of hydrogen-bond acceptors (Lipinski definition) is 4. The van der Waals surface area contributed by atoms with Gasteiger partial charge in [-0.05, 0) is 54.8 Å². The summed E-state index contributed by atoms with van der Waals surface area (Å²) in [4.78, 5) is 14.4. The molecular formula is C19H20FNO4S. The first-order valence-electron chi connectivity index (χ1n) is 8.10. The molecule has 0 unspecified atom stereocenters. The van der Waals surface area contributed by atoms with Crippen LogP contribution in [0.2, 0.25) is 0 Å². The smallest absolute Gasteiger partial charge is 0.254 e. The Morgan fingerprint density at radius 1 is 1.15 bits per heavy atom. The molecule has 1 heterocycles. The summed E-state index contributed by atoms with van der Waals surface area (Å²) in [6.07, 6.45) is 1.10. The molecule has 5 nitrogen and oxygen atoms in total. The summed E-state index contributed by atoms with van der Waals surface area (Å²) >= 11 is 0. The highest BCUT2D eigenvalue weighted by atomic mass is 32.2. The molecule has 1 amide bonds. The molecule has 0 aliphatic carbocycles. The quantitative estimate of drug-likeness (QED) is 0.890. The number of aryl methyl sites for hydroxylation is 1. The normalized spacial score (nSPS) is 16.3. The summed E-state index contributed by atoms with van der Waals surface area (Å²) < 4.78 is 36.7. The number of amides is 1. The molecule has 0 bridgehead atoms. The van der Waals surface area contributed by atoms with Crippen LogP contribution in [0.15, 0.2) is 41.3 Å². The van der Waals surface area contributed by atoms with Gasteiger partial charge in [0.05, 0.1) is 18.0 Å². The van der Waals surface area contributed by atoms with E-state index in [4.69, 9.17) is 0 Å². The summed E-state index contributed by atoms with van der Waals surface area (Å²) in [5, 5.41) is 10.6. The third kappa shape index (κ3) is 3.24. The number of rotatable bonds is 3. The van der Waals surface area contributed by atoms with E-state index in [9.17, 15) is 22.7 Å². The first kappa shape index (κ1) is 18.5. The second-order valence-electron chi connectivity index (χ2n) is 6.88. The summed E-state index contributed by atoms with van der Waals surface area (Å²) in [7, 11) is -3.44. The second kappa shape index (κ2) is 6.17. The lowest BCUT2D eigenvalue weighted by molar-refractivity contribution is -0.0864. The Morgan fingerprint density at radius 3 is 2.27 bits per heavy atom. The number of β-amino-alcohol motifs (C(OH)–C–C–N with tert-alkyl or cyclic N) is 1. The van der Waals surface area contributed by atoms with Gasteiger partial charge in [-0.3, -0.25) is 4.79 Å². The monoisotopic (exact) mass is 377 g/mol. The van der Waals surface area contributed by atoms with Gasteiger partial charge in [0.2, 0.25) is 0 Å². The van der Waals surface area contributed by atoms with Crippen LogP contribution < -0.4 is 0 Å². The predicted octanol–water partition coefficient (Wildman–Crippen LogP) is 2.19. The van der Waals surface area contributed by atoms with E-state index in [1.807, 2.05) is 0 Å². The van der Waals surface area contributed by atoms with E-state index >= 15 is 0 Å². The van der Waals surface area contributed by atoms with E-state index in [-0.39, 0.29) is 23.9 Å². The van der Waals surface area contributed by atoms with Crippen molar-refractivity contribution in [1.82, 2.24) is 4.90 Å². The van der Waals surface area contributed by atoms with Gasteiger partial charge in [-0.1, -0.05) is 12.1 Å². The van der Waals surface area contributed by atoms with Crippen molar-refractivity contribution in [3.63, 3.8) is 0 Å². The Bertz CT molecular complexity index is 977. The minimum Gasteiger partial charge on any atom is -0.381 e. The SMILES string of the molecule is Cc1cc(S(C)(=O)=O)cc(C(=O)N2CC(O)(c3ccc(F)cc3)C2)c1C. The number of hydrogen-bond donors (Lipinski definition) is 1. The lowest BCUT2D eigenvalue weighted by Crippen LogP contribution is -2.61. The van der Waals surface area contributed by atoms with Crippen LogP contribution in [0.1, 0.15) is 27.0 Å². The Labute approximate surface area is 152 Å². The van der Waals surface area contributed by atoms with Crippen molar-refractivity contribution in [2.45, 2.75) is 24.3 Å². The number of aliphatic hydroxyl groups is 1. The van der Waals surface area contributed by atoms with Crippen LogP contribution >= 0.6 is 0 Å². The first-order valence-corrected chi connectivity index (χ1v) is 9.99. The fourth-order valence-electron chi connectivity index (χ4n) is 3.10. The molecule has 1 aliphatic heterocycles. The maximum absolute atomic E-state index is 13.0. The summed E-state index contributed by atoms with van der Waals surface area (Å²) in [5.41, 5.74) is 1.05. The maximum atomic E-state index is 13.0. The van der Waals surface area contributed by atoms with E-state index in [1.54, 1.807) is 19.9 Å². The number of sulfone groups is 1. The van der Waals surface area contributed by atoms with Gasteiger partial charge in [-0.15, -0.1) is 0 Å². The third-order valence-electron chi connectivity index (χ3n) is 4.87. The van der Waals surface area contributed by atoms with Crippen LogP contribution in [0.5, 0.6) is 0 Å². The lowest BCUT2D eigenvalue weighted by Gasteiger charge is -2.47. The third-order valence-corrected chi connectivity index (χ3v) is 5.97. The van der Waals surface area contributed by atoms with Gasteiger partial charge in [0.1, 0.15) is 11.4 Å². The average molecular weight is 377 g/mol. The molecule has 138 valence electrons. The van der Waals surface area contributed by atoms with Crippen LogP contribution in [0.3, 0.4) is 0 Å². The van der Waals surface area contributed by atoms with E-state index in [0.29, 0.717) is 22.3 Å². The van der Waals surface area contributed by atoms with Crippen molar-refractivity contribution < 1.29 is 22.7 Å². The fourth-order valence-corrected chi connectivity index (χ4v) is 3.83. The zero-order valence-corrected chi connectivity index (χ0v) is 15.6. The average Bonchev–Trinajstić information content (AvgIpc) is 2.53. The van der Waals surface area contributed by atoms with Crippen LogP contribution in [0.4, 0.5) is 4.39 Å². The van der Waals surface area contributed by atoms with E-state index in [2.05, 4.69) is 0 Å². The number of nitrogens with zero attached hydrogens (tertiary/aromatic N) is 1. The number of likely N-dealkylation sites (tertiary alicyclic amines) is 1. The van der Waals surface area contributed by atoms with Gasteiger partial charge in [0.15, 0.2) is 9.84 Å². The van der Waals surface area contributed by atoms with Crippen LogP contribution in [-0.2, 0) is 15.4 Å². The lowest BCUT2D eigenvalue weighted by atomic mass is 9.85. The highest BCUT2D eigenvalue weighted by molar-refractivity contribution is 7.90. The summed E-state index contributed by atoms with van der Waals surface area (Å²) in [6.45, 7) is 3.66. The first-order chi connectivity index (χ1) is 12.0. The molecule has 1 saturated heterocycles. The van der Waals surface area contributed by atoms with E-state index in [1.165, 1.54) is 35.2 Å². The van der Waals surface area contributed by atoms with Crippen molar-refractivity contribution in [2.24, 2.45) is 0 Å². The minimum absolute atomic E-state index is 0.0685. The summed E-state index contributed by atoms with van der Waals surface area (Å²) in [5.74, 6) is -0.726. The molecule has 1 aliphatic rings. The molecule has 2 aromatic carbocycles. The number of carbonyl (C=O) groups excluding carboxylic acids is 1. The molecule has 1 fully saturated rings. The minimum atomic E-state index is -3.44. The van der Waals surface area contributed by atoms with Gasteiger partial charge in [-0.25, -0.2) is 12.8 Å². The molecule has 26 heavy (non-hydrogen) atoms. The number of halogens is 1. The zero-order valence-electron chi connectivity index (χ0n) is 14.8. The topological polar surface area (TPSA) is 74.7 Å². The molecule has 0 saturated carbocycles. The predicted molar refractivity (Wildman–Crippen MR) is 95.2 cm³/mol. The van der Waals surface area contributed by atoms with Crippen molar-refractivity contribution in [3.05, 3.63) is 64.5 Å². The molecule has 0 atom stereocenters. The Kier molecular flexibility index (Phi) is 4.40. The van der Waals surface area contributed by atoms with Crippen LogP contribution in [-0.4, -0.2) is 43.7 Å².